The molecule has 7 N–H and O–H groups in total. The number of carbonyl (C=O) groups excluding carboxylic acids is 2. The van der Waals surface area contributed by atoms with Crippen LogP contribution in [0, 0.1) is 11.6 Å². The summed E-state index contributed by atoms with van der Waals surface area (Å²) in [5, 5.41) is 2.80. The zero-order chi connectivity index (χ0) is 47.7. The third-order valence-corrected chi connectivity index (χ3v) is 14.1. The second kappa shape index (κ2) is 23.7. The van der Waals surface area contributed by atoms with Gasteiger partial charge in [0.2, 0.25) is 42.7 Å². The lowest BCUT2D eigenvalue weighted by Crippen LogP contribution is -2.42. The Morgan fingerprint density at radius 1 is 0.769 bits per heavy atom. The van der Waals surface area contributed by atoms with E-state index in [1.807, 2.05) is 0 Å². The van der Waals surface area contributed by atoms with E-state index in [9.17, 15) is 39.4 Å². The molecule has 2 aliphatic heterocycles. The number of benzene rings is 2. The largest absolute Gasteiger partial charge is 0.496 e. The summed E-state index contributed by atoms with van der Waals surface area (Å²) in [7, 11) is -4.91. The van der Waals surface area contributed by atoms with Crippen LogP contribution in [0.3, 0.4) is 0 Å². The first-order chi connectivity index (χ1) is 30.0. The van der Waals surface area contributed by atoms with Gasteiger partial charge in [0.15, 0.2) is 0 Å². The SMILES string of the molecule is C.CCS(=O)c1ncc(C(=O)c2cc(F)c(Cl)cc2OC)c(N)n1.COc1cc(Cl)c(F)cc1C(=O)c1cnc(NC2CCN(S(C)(=O)=O)CC2)nc1N.CS(=O)(=O)N1CCC(N)CC1. The Morgan fingerprint density at radius 3 is 1.57 bits per heavy atom. The molecule has 1 unspecified atom stereocenters. The van der Waals surface area contributed by atoms with Crippen LogP contribution in [0.2, 0.25) is 10.0 Å². The van der Waals surface area contributed by atoms with Gasteiger partial charge in [0.1, 0.15) is 34.8 Å². The highest BCUT2D eigenvalue weighted by atomic mass is 35.5. The van der Waals surface area contributed by atoms with Crippen LogP contribution in [-0.2, 0) is 30.8 Å². The minimum Gasteiger partial charge on any atom is -0.496 e. The normalized spacial score (nSPS) is 15.5. The first kappa shape index (κ1) is 54.6. The van der Waals surface area contributed by atoms with Crippen molar-refractivity contribution in [2.24, 2.45) is 5.73 Å². The van der Waals surface area contributed by atoms with Crippen molar-refractivity contribution in [1.82, 2.24) is 28.5 Å². The lowest BCUT2D eigenvalue weighted by molar-refractivity contribution is 0.102. The molecule has 2 aliphatic rings. The van der Waals surface area contributed by atoms with Crippen molar-refractivity contribution < 1.29 is 48.9 Å². The molecule has 0 radical (unpaired) electrons. The molecular weight excluding hydrogens is 958 g/mol. The number of nitrogens with two attached hydrogens (primary N) is 3. The van der Waals surface area contributed by atoms with Gasteiger partial charge in [0, 0.05) is 68.5 Å². The van der Waals surface area contributed by atoms with Crippen molar-refractivity contribution in [3.05, 3.63) is 80.6 Å². The quantitative estimate of drug-likeness (QED) is 0.115. The molecule has 0 aliphatic carbocycles. The average molecular weight is 1010 g/mol. The summed E-state index contributed by atoms with van der Waals surface area (Å²) in [5.41, 5.74) is 17.1. The molecule has 19 nitrogen and oxygen atoms in total. The summed E-state index contributed by atoms with van der Waals surface area (Å²) in [4.78, 5) is 41.3. The zero-order valence-corrected chi connectivity index (χ0v) is 39.3. The van der Waals surface area contributed by atoms with E-state index in [0.717, 1.165) is 25.0 Å². The van der Waals surface area contributed by atoms with Crippen LogP contribution in [0.25, 0.3) is 0 Å². The van der Waals surface area contributed by atoms with Gasteiger partial charge in [-0.2, -0.15) is 4.98 Å². The molecule has 4 heterocycles. The Bertz CT molecular complexity index is 2600. The monoisotopic (exact) mass is 1010 g/mol. The number of anilines is 3. The highest BCUT2D eigenvalue weighted by Gasteiger charge is 2.27. The standard InChI is InChI=1S/C18H21ClFN5O4S.C14H13ClFN3O3S.C6H14N2O2S.CH4/c1-29-15-8-13(19)14(20)7-11(15)16(26)12-9-22-18(24-17(12)21)23-10-3-5-25(6-4-10)30(2,27)28;1-3-23(21)14-18-6-8(13(17)19-14)12(20)7-4-10(16)9(15)5-11(7)22-2;1-11(9,10)8-4-2-6(7)3-5-8;/h7-10H,3-6H2,1-2H3,(H3,21,22,23,24);4-6H,3H2,1-2H3,(H2,17,18,19);6H,2-5,7H2,1H3;1H4. The van der Waals surface area contributed by atoms with Gasteiger partial charge >= 0.3 is 0 Å². The van der Waals surface area contributed by atoms with Crippen LogP contribution in [-0.4, -0.2) is 132 Å². The smallest absolute Gasteiger partial charge is 0.224 e. The summed E-state index contributed by atoms with van der Waals surface area (Å²) in [6.07, 6.45) is 7.58. The van der Waals surface area contributed by atoms with E-state index in [1.165, 1.54) is 59.9 Å². The minimum atomic E-state index is -3.21. The predicted molar refractivity (Wildman–Crippen MR) is 246 cm³/mol. The van der Waals surface area contributed by atoms with E-state index in [2.05, 4.69) is 25.3 Å². The lowest BCUT2D eigenvalue weighted by Gasteiger charge is -2.30. The fraction of sp³-hybridized carbons (Fsp3) is 0.436. The molecule has 2 saturated heterocycles. The van der Waals surface area contributed by atoms with Crippen molar-refractivity contribution in [2.75, 3.05) is 75.4 Å². The molecule has 0 saturated carbocycles. The van der Waals surface area contributed by atoms with E-state index in [0.29, 0.717) is 44.8 Å². The Hall–Kier alpha value is -4.69. The van der Waals surface area contributed by atoms with Gasteiger partial charge in [0.05, 0.1) is 69.8 Å². The van der Waals surface area contributed by atoms with Crippen molar-refractivity contribution in [1.29, 1.82) is 0 Å². The molecular formula is C39H52Cl2F2N10O9S3. The van der Waals surface area contributed by atoms with Crippen molar-refractivity contribution in [3.8, 4) is 11.5 Å². The van der Waals surface area contributed by atoms with Crippen LogP contribution < -0.4 is 32.0 Å². The second-order valence-corrected chi connectivity index (χ2v) is 20.7. The van der Waals surface area contributed by atoms with Gasteiger partial charge in [-0.3, -0.25) is 13.8 Å². The average Bonchev–Trinajstić information content (AvgIpc) is 3.24. The molecule has 4 aromatic rings. The number of ether oxygens (including phenoxy) is 2. The molecule has 2 fully saturated rings. The van der Waals surface area contributed by atoms with Crippen LogP contribution in [0.15, 0.2) is 41.8 Å². The number of hydrogen-bond donors (Lipinski definition) is 4. The Balaban J connectivity index is 0.000000283. The number of carbonyl (C=O) groups is 2. The van der Waals surface area contributed by atoms with Crippen molar-refractivity contribution >= 4 is 83.2 Å². The Kier molecular flexibility index (Phi) is 19.9. The number of halogens is 4. The number of aromatic nitrogens is 4. The van der Waals surface area contributed by atoms with Gasteiger partial charge in [-0.15, -0.1) is 0 Å². The van der Waals surface area contributed by atoms with E-state index in [4.69, 9.17) is 49.9 Å². The first-order valence-electron chi connectivity index (χ1n) is 19.2. The Labute approximate surface area is 389 Å². The van der Waals surface area contributed by atoms with Gasteiger partial charge in [-0.25, -0.2) is 49.2 Å². The molecule has 0 amide bonds. The third kappa shape index (κ3) is 14.7. The van der Waals surface area contributed by atoms with Crippen LogP contribution in [0.1, 0.15) is 71.9 Å². The predicted octanol–water partition coefficient (Wildman–Crippen LogP) is 4.15. The van der Waals surface area contributed by atoms with E-state index in [-0.39, 0.29) is 86.0 Å². The van der Waals surface area contributed by atoms with Crippen molar-refractivity contribution in [2.45, 2.75) is 57.3 Å². The number of piperidine rings is 2. The maximum Gasteiger partial charge on any atom is 0.224 e. The van der Waals surface area contributed by atoms with Crippen LogP contribution >= 0.6 is 23.2 Å². The molecule has 2 aromatic carbocycles. The number of nitrogen functional groups attached to an aromatic ring is 2. The summed E-state index contributed by atoms with van der Waals surface area (Å²) in [5.74, 6) is -2.23. The number of sulfonamides is 2. The number of nitrogens with one attached hydrogen (secondary N) is 1. The van der Waals surface area contributed by atoms with Crippen molar-refractivity contribution in [3.63, 3.8) is 0 Å². The maximum absolute atomic E-state index is 13.8. The second-order valence-electron chi connectivity index (χ2n) is 14.2. The van der Waals surface area contributed by atoms with Gasteiger partial charge in [-0.05, 0) is 37.8 Å². The highest BCUT2D eigenvalue weighted by molar-refractivity contribution is 7.88. The molecule has 6 rings (SSSR count). The van der Waals surface area contributed by atoms with Crippen LogP contribution in [0.5, 0.6) is 11.5 Å². The number of rotatable bonds is 12. The summed E-state index contributed by atoms with van der Waals surface area (Å²) in [6.45, 7) is 3.66. The summed E-state index contributed by atoms with van der Waals surface area (Å²) < 4.78 is 97.3. The fourth-order valence-corrected chi connectivity index (χ4v) is 8.88. The van der Waals surface area contributed by atoms with Gasteiger partial charge < -0.3 is 32.0 Å². The maximum atomic E-state index is 13.8. The molecule has 2 aromatic heterocycles. The molecule has 65 heavy (non-hydrogen) atoms. The molecule has 358 valence electrons. The van der Waals surface area contributed by atoms with E-state index in [1.54, 1.807) is 6.92 Å². The molecule has 1 atom stereocenters. The lowest BCUT2D eigenvalue weighted by atomic mass is 10.0. The number of hydrogen-bond acceptors (Lipinski definition) is 17. The highest BCUT2D eigenvalue weighted by Crippen LogP contribution is 2.31. The zero-order valence-electron chi connectivity index (χ0n) is 35.3. The van der Waals surface area contributed by atoms with E-state index < -0.39 is 54.0 Å². The summed E-state index contributed by atoms with van der Waals surface area (Å²) >= 11 is 11.4. The number of methoxy groups -OCH3 is 2. The fourth-order valence-electron chi connectivity index (χ4n) is 6.19. The van der Waals surface area contributed by atoms with E-state index >= 15 is 0 Å². The number of ketones is 2. The van der Waals surface area contributed by atoms with Crippen LogP contribution in [0.4, 0.5) is 26.4 Å². The van der Waals surface area contributed by atoms with Gasteiger partial charge in [0.25, 0.3) is 0 Å². The Morgan fingerprint density at radius 2 is 1.18 bits per heavy atom. The third-order valence-electron chi connectivity index (χ3n) is 9.77. The molecule has 26 heteroatoms. The first-order valence-corrected chi connectivity index (χ1v) is 25.0. The molecule has 0 bridgehead atoms. The summed E-state index contributed by atoms with van der Waals surface area (Å²) in [6, 6.07) is 4.50. The topological polar surface area (TPSA) is 286 Å². The molecule has 0 spiro atoms. The minimum absolute atomic E-state index is 0. The number of nitrogens with zero attached hydrogens (tertiary/aromatic N) is 6. The van der Waals surface area contributed by atoms with Gasteiger partial charge in [-0.1, -0.05) is 37.6 Å².